The molecule has 1 rings (SSSR count). The summed E-state index contributed by atoms with van der Waals surface area (Å²) in [6, 6.07) is 0.359. The van der Waals surface area contributed by atoms with E-state index in [2.05, 4.69) is 50.3 Å². The number of rotatable bonds is 6. The van der Waals surface area contributed by atoms with Crippen molar-refractivity contribution in [3.8, 4) is 0 Å². The predicted molar refractivity (Wildman–Crippen MR) is 71.8 cm³/mol. The molecule has 0 radical (unpaired) electrons. The SMILES string of the molecule is CC(C)CC(C)(C)CNC(C)c1cscn1. The highest BCUT2D eigenvalue weighted by Crippen LogP contribution is 2.25. The van der Waals surface area contributed by atoms with Gasteiger partial charge in [0, 0.05) is 18.0 Å². The molecule has 1 atom stereocenters. The van der Waals surface area contributed by atoms with Crippen LogP contribution in [0.1, 0.15) is 52.8 Å². The minimum absolute atomic E-state index is 0.359. The van der Waals surface area contributed by atoms with Gasteiger partial charge in [-0.05, 0) is 24.7 Å². The molecule has 0 aromatic carbocycles. The quantitative estimate of drug-likeness (QED) is 0.816. The topological polar surface area (TPSA) is 24.9 Å². The van der Waals surface area contributed by atoms with Gasteiger partial charge in [0.2, 0.25) is 0 Å². The van der Waals surface area contributed by atoms with Crippen LogP contribution in [-0.2, 0) is 0 Å². The third-order valence-electron chi connectivity index (χ3n) is 2.74. The van der Waals surface area contributed by atoms with Gasteiger partial charge in [0.25, 0.3) is 0 Å². The molecular weight excluding hydrogens is 216 g/mol. The van der Waals surface area contributed by atoms with Crippen LogP contribution in [-0.4, -0.2) is 11.5 Å². The van der Waals surface area contributed by atoms with Gasteiger partial charge in [-0.3, -0.25) is 0 Å². The van der Waals surface area contributed by atoms with Gasteiger partial charge in [0.15, 0.2) is 0 Å². The molecule has 1 aromatic rings. The summed E-state index contributed by atoms with van der Waals surface area (Å²) in [5.74, 6) is 0.756. The molecule has 16 heavy (non-hydrogen) atoms. The first-order valence-corrected chi connectivity index (χ1v) is 6.96. The normalized spacial score (nSPS) is 14.4. The van der Waals surface area contributed by atoms with Gasteiger partial charge >= 0.3 is 0 Å². The summed E-state index contributed by atoms with van der Waals surface area (Å²) in [5.41, 5.74) is 3.41. The summed E-state index contributed by atoms with van der Waals surface area (Å²) < 4.78 is 0. The molecule has 0 aliphatic heterocycles. The first kappa shape index (κ1) is 13.7. The second kappa shape index (κ2) is 5.78. The number of nitrogens with zero attached hydrogens (tertiary/aromatic N) is 1. The van der Waals surface area contributed by atoms with E-state index in [0.717, 1.165) is 18.2 Å². The van der Waals surface area contributed by atoms with Crippen molar-refractivity contribution < 1.29 is 0 Å². The van der Waals surface area contributed by atoms with Crippen LogP contribution in [0.5, 0.6) is 0 Å². The molecule has 0 spiro atoms. The van der Waals surface area contributed by atoms with Gasteiger partial charge in [0.1, 0.15) is 0 Å². The monoisotopic (exact) mass is 240 g/mol. The van der Waals surface area contributed by atoms with Gasteiger partial charge in [-0.25, -0.2) is 4.98 Å². The van der Waals surface area contributed by atoms with E-state index in [9.17, 15) is 0 Å². The van der Waals surface area contributed by atoms with Crippen molar-refractivity contribution in [3.63, 3.8) is 0 Å². The molecule has 3 heteroatoms. The summed E-state index contributed by atoms with van der Waals surface area (Å²) in [6.07, 6.45) is 1.25. The second-order valence-electron chi connectivity index (χ2n) is 5.78. The van der Waals surface area contributed by atoms with Gasteiger partial charge in [-0.1, -0.05) is 27.7 Å². The molecule has 0 aliphatic rings. The van der Waals surface area contributed by atoms with Gasteiger partial charge in [-0.15, -0.1) is 11.3 Å². The van der Waals surface area contributed by atoms with Crippen molar-refractivity contribution in [1.29, 1.82) is 0 Å². The number of thiazole rings is 1. The molecule has 0 bridgehead atoms. The minimum atomic E-state index is 0.359. The molecule has 0 fully saturated rings. The van der Waals surface area contributed by atoms with Crippen LogP contribution in [0.15, 0.2) is 10.9 Å². The average molecular weight is 240 g/mol. The van der Waals surface area contributed by atoms with Crippen LogP contribution >= 0.6 is 11.3 Å². The zero-order valence-corrected chi connectivity index (χ0v) is 11.9. The first-order valence-electron chi connectivity index (χ1n) is 6.02. The fourth-order valence-corrected chi connectivity index (χ4v) is 2.79. The molecule has 92 valence electrons. The lowest BCUT2D eigenvalue weighted by atomic mass is 9.84. The minimum Gasteiger partial charge on any atom is -0.308 e. The Hall–Kier alpha value is -0.410. The highest BCUT2D eigenvalue weighted by Gasteiger charge is 2.20. The Morgan fingerprint density at radius 2 is 2.06 bits per heavy atom. The lowest BCUT2D eigenvalue weighted by molar-refractivity contribution is 0.263. The van der Waals surface area contributed by atoms with Gasteiger partial charge in [0.05, 0.1) is 11.2 Å². The second-order valence-corrected chi connectivity index (χ2v) is 6.50. The largest absolute Gasteiger partial charge is 0.308 e. The van der Waals surface area contributed by atoms with Crippen molar-refractivity contribution >= 4 is 11.3 Å². The van der Waals surface area contributed by atoms with Crippen molar-refractivity contribution in [2.24, 2.45) is 11.3 Å². The molecule has 1 unspecified atom stereocenters. The fraction of sp³-hybridized carbons (Fsp3) is 0.769. The molecular formula is C13H24N2S. The lowest BCUT2D eigenvalue weighted by Crippen LogP contribution is -2.32. The zero-order valence-electron chi connectivity index (χ0n) is 11.1. The predicted octanol–water partition coefficient (Wildman–Crippen LogP) is 3.87. The molecule has 0 amide bonds. The van der Waals surface area contributed by atoms with Crippen LogP contribution in [0.25, 0.3) is 0 Å². The molecule has 0 saturated carbocycles. The Morgan fingerprint density at radius 1 is 1.38 bits per heavy atom. The Labute approximate surface area is 103 Å². The van der Waals surface area contributed by atoms with E-state index < -0.39 is 0 Å². The Kier molecular flexibility index (Phi) is 4.93. The lowest BCUT2D eigenvalue weighted by Gasteiger charge is -2.28. The Bertz CT molecular complexity index is 291. The molecule has 1 aromatic heterocycles. The van der Waals surface area contributed by atoms with Crippen LogP contribution in [0.4, 0.5) is 0 Å². The highest BCUT2D eigenvalue weighted by molar-refractivity contribution is 7.07. The highest BCUT2D eigenvalue weighted by atomic mass is 32.1. The van der Waals surface area contributed by atoms with E-state index in [4.69, 9.17) is 0 Å². The number of hydrogen-bond donors (Lipinski definition) is 1. The van der Waals surface area contributed by atoms with E-state index in [1.54, 1.807) is 11.3 Å². The van der Waals surface area contributed by atoms with Crippen molar-refractivity contribution in [2.45, 2.75) is 47.1 Å². The first-order chi connectivity index (χ1) is 7.41. The Balaban J connectivity index is 2.39. The van der Waals surface area contributed by atoms with E-state index >= 15 is 0 Å². The van der Waals surface area contributed by atoms with Gasteiger partial charge in [-0.2, -0.15) is 0 Å². The van der Waals surface area contributed by atoms with Crippen molar-refractivity contribution in [1.82, 2.24) is 10.3 Å². The van der Waals surface area contributed by atoms with E-state index in [-0.39, 0.29) is 0 Å². The summed E-state index contributed by atoms with van der Waals surface area (Å²) in [5, 5.41) is 5.69. The summed E-state index contributed by atoms with van der Waals surface area (Å²) >= 11 is 1.66. The van der Waals surface area contributed by atoms with Crippen LogP contribution in [0, 0.1) is 11.3 Å². The maximum atomic E-state index is 4.33. The molecule has 1 heterocycles. The average Bonchev–Trinajstić information content (AvgIpc) is 2.64. The molecule has 2 nitrogen and oxygen atoms in total. The molecule has 0 aliphatic carbocycles. The van der Waals surface area contributed by atoms with Crippen LogP contribution in [0.2, 0.25) is 0 Å². The van der Waals surface area contributed by atoms with Crippen LogP contribution < -0.4 is 5.32 Å². The summed E-state index contributed by atoms with van der Waals surface area (Å²) in [4.78, 5) is 4.33. The maximum absolute atomic E-state index is 4.33. The Morgan fingerprint density at radius 3 is 2.56 bits per heavy atom. The third-order valence-corrected chi connectivity index (χ3v) is 3.35. The third kappa shape index (κ3) is 4.62. The van der Waals surface area contributed by atoms with E-state index in [1.165, 1.54) is 6.42 Å². The van der Waals surface area contributed by atoms with Crippen LogP contribution in [0.3, 0.4) is 0 Å². The standard InChI is InChI=1S/C13H24N2S/c1-10(2)6-13(4,5)8-14-11(3)12-7-16-9-15-12/h7,9-11,14H,6,8H2,1-5H3. The van der Waals surface area contributed by atoms with Gasteiger partial charge < -0.3 is 5.32 Å². The zero-order chi connectivity index (χ0) is 12.2. The molecule has 0 saturated heterocycles. The fourth-order valence-electron chi connectivity index (χ4n) is 2.15. The van der Waals surface area contributed by atoms with E-state index in [0.29, 0.717) is 11.5 Å². The maximum Gasteiger partial charge on any atom is 0.0795 e. The molecule has 1 N–H and O–H groups in total. The summed E-state index contributed by atoms with van der Waals surface area (Å²) in [7, 11) is 0. The van der Waals surface area contributed by atoms with Crippen molar-refractivity contribution in [3.05, 3.63) is 16.6 Å². The number of aromatic nitrogens is 1. The summed E-state index contributed by atoms with van der Waals surface area (Å²) in [6.45, 7) is 12.4. The smallest absolute Gasteiger partial charge is 0.0795 e. The van der Waals surface area contributed by atoms with E-state index in [1.807, 2.05) is 5.51 Å². The van der Waals surface area contributed by atoms with Crippen molar-refractivity contribution in [2.75, 3.05) is 6.54 Å². The number of hydrogen-bond acceptors (Lipinski definition) is 3. The number of nitrogens with one attached hydrogen (secondary N) is 1.